The number of hydrogen-bond donors (Lipinski definition) is 0. The number of carbonyl (C=O) groups is 1. The SMILES string of the molecule is Cc1ccccc1CN(C)C(=O)c1ccc2c(=O)n3c(nc2c1)CCCCCC3. The number of aryl methyl sites for hydroxylation is 2. The summed E-state index contributed by atoms with van der Waals surface area (Å²) < 4.78 is 1.83. The van der Waals surface area contributed by atoms with E-state index in [4.69, 9.17) is 4.98 Å². The second-order valence-corrected chi connectivity index (χ2v) is 7.97. The van der Waals surface area contributed by atoms with Crippen LogP contribution in [-0.2, 0) is 19.5 Å². The monoisotopic (exact) mass is 389 g/mol. The molecule has 0 saturated heterocycles. The van der Waals surface area contributed by atoms with Crippen LogP contribution < -0.4 is 5.56 Å². The second kappa shape index (κ2) is 8.19. The zero-order chi connectivity index (χ0) is 20.4. The Morgan fingerprint density at radius 3 is 2.72 bits per heavy atom. The van der Waals surface area contributed by atoms with Crippen molar-refractivity contribution in [3.8, 4) is 0 Å². The number of hydrogen-bond acceptors (Lipinski definition) is 3. The zero-order valence-corrected chi connectivity index (χ0v) is 17.1. The van der Waals surface area contributed by atoms with Crippen LogP contribution in [0.25, 0.3) is 10.9 Å². The fourth-order valence-electron chi connectivity index (χ4n) is 4.06. The molecule has 1 aliphatic rings. The molecule has 0 radical (unpaired) electrons. The summed E-state index contributed by atoms with van der Waals surface area (Å²) in [5.74, 6) is 0.781. The molecule has 5 heteroatoms. The molecule has 0 aliphatic carbocycles. The molecule has 0 spiro atoms. The average molecular weight is 389 g/mol. The minimum absolute atomic E-state index is 0.0131. The third-order valence-electron chi connectivity index (χ3n) is 5.83. The number of amides is 1. The van der Waals surface area contributed by atoms with E-state index >= 15 is 0 Å². The minimum Gasteiger partial charge on any atom is -0.337 e. The highest BCUT2D eigenvalue weighted by Crippen LogP contribution is 2.18. The van der Waals surface area contributed by atoms with E-state index in [1.807, 2.05) is 29.8 Å². The van der Waals surface area contributed by atoms with Gasteiger partial charge in [0, 0.05) is 32.1 Å². The van der Waals surface area contributed by atoms with E-state index in [0.717, 1.165) is 43.6 Å². The fraction of sp³-hybridized carbons (Fsp3) is 0.375. The van der Waals surface area contributed by atoms with E-state index in [0.29, 0.717) is 23.0 Å². The molecule has 4 rings (SSSR count). The second-order valence-electron chi connectivity index (χ2n) is 7.97. The van der Waals surface area contributed by atoms with Gasteiger partial charge in [0.25, 0.3) is 11.5 Å². The number of aromatic nitrogens is 2. The van der Waals surface area contributed by atoms with Crippen LogP contribution >= 0.6 is 0 Å². The smallest absolute Gasteiger partial charge is 0.261 e. The topological polar surface area (TPSA) is 55.2 Å². The molecule has 0 atom stereocenters. The van der Waals surface area contributed by atoms with Gasteiger partial charge in [-0.2, -0.15) is 0 Å². The summed E-state index contributed by atoms with van der Waals surface area (Å²) in [6, 6.07) is 13.4. The molecular formula is C24H27N3O2. The molecule has 150 valence electrons. The number of carbonyl (C=O) groups excluding carboxylic acids is 1. The van der Waals surface area contributed by atoms with Crippen LogP contribution in [0.1, 0.15) is 53.0 Å². The predicted octanol–water partition coefficient (Wildman–Crippen LogP) is 4.09. The van der Waals surface area contributed by atoms with Crippen LogP contribution in [0.2, 0.25) is 0 Å². The van der Waals surface area contributed by atoms with Crippen LogP contribution in [0.4, 0.5) is 0 Å². The first-order valence-corrected chi connectivity index (χ1v) is 10.4. The molecule has 1 amide bonds. The Balaban J connectivity index is 1.66. The van der Waals surface area contributed by atoms with Crippen molar-refractivity contribution in [3.63, 3.8) is 0 Å². The lowest BCUT2D eigenvalue weighted by Crippen LogP contribution is -2.28. The largest absolute Gasteiger partial charge is 0.337 e. The van der Waals surface area contributed by atoms with Crippen LogP contribution in [0.5, 0.6) is 0 Å². The molecule has 0 saturated carbocycles. The lowest BCUT2D eigenvalue weighted by molar-refractivity contribution is 0.0785. The minimum atomic E-state index is -0.0659. The first-order chi connectivity index (χ1) is 14.0. The standard InChI is InChI=1S/C24H27N3O2/c1-17-9-6-7-10-19(17)16-26(2)23(28)18-12-13-20-21(15-18)25-22-11-5-3-4-8-14-27(22)24(20)29/h6-7,9-10,12-13,15H,3-5,8,11,14,16H2,1-2H3. The highest BCUT2D eigenvalue weighted by molar-refractivity contribution is 5.97. The Morgan fingerprint density at radius 1 is 1.10 bits per heavy atom. The van der Waals surface area contributed by atoms with Gasteiger partial charge in [-0.15, -0.1) is 0 Å². The van der Waals surface area contributed by atoms with Gasteiger partial charge < -0.3 is 4.90 Å². The van der Waals surface area contributed by atoms with Gasteiger partial charge in [-0.25, -0.2) is 4.98 Å². The van der Waals surface area contributed by atoms with Crippen LogP contribution in [-0.4, -0.2) is 27.4 Å². The maximum Gasteiger partial charge on any atom is 0.261 e. The van der Waals surface area contributed by atoms with Crippen LogP contribution in [0.15, 0.2) is 47.3 Å². The van der Waals surface area contributed by atoms with Crippen molar-refractivity contribution < 1.29 is 4.79 Å². The van der Waals surface area contributed by atoms with Crippen LogP contribution in [0, 0.1) is 6.92 Å². The Labute approximate surface area is 171 Å². The molecule has 3 aromatic rings. The van der Waals surface area contributed by atoms with Gasteiger partial charge in [-0.05, 0) is 49.1 Å². The highest BCUT2D eigenvalue weighted by Gasteiger charge is 2.17. The van der Waals surface area contributed by atoms with E-state index in [2.05, 4.69) is 13.0 Å². The molecular weight excluding hydrogens is 362 g/mol. The van der Waals surface area contributed by atoms with Gasteiger partial charge in [0.05, 0.1) is 10.9 Å². The van der Waals surface area contributed by atoms with Crippen molar-refractivity contribution in [1.29, 1.82) is 0 Å². The molecule has 0 bridgehead atoms. The Hall–Kier alpha value is -2.95. The van der Waals surface area contributed by atoms with Gasteiger partial charge in [-0.1, -0.05) is 37.1 Å². The van der Waals surface area contributed by atoms with Gasteiger partial charge in [0.1, 0.15) is 5.82 Å². The number of fused-ring (bicyclic) bond motifs is 2. The van der Waals surface area contributed by atoms with Crippen molar-refractivity contribution >= 4 is 16.8 Å². The van der Waals surface area contributed by atoms with Crippen LogP contribution in [0.3, 0.4) is 0 Å². The van der Waals surface area contributed by atoms with E-state index in [1.54, 1.807) is 23.1 Å². The summed E-state index contributed by atoms with van der Waals surface area (Å²) in [5, 5.41) is 0.590. The lowest BCUT2D eigenvalue weighted by atomic mass is 10.1. The maximum atomic E-state index is 13.0. The first kappa shape index (κ1) is 19.4. The summed E-state index contributed by atoms with van der Waals surface area (Å²) in [6.45, 7) is 3.33. The van der Waals surface area contributed by atoms with Gasteiger partial charge in [0.2, 0.25) is 0 Å². The molecule has 0 N–H and O–H groups in total. The summed E-state index contributed by atoms with van der Waals surface area (Å²) in [4.78, 5) is 32.4. The molecule has 2 heterocycles. The van der Waals surface area contributed by atoms with Crippen molar-refractivity contribution in [1.82, 2.24) is 14.5 Å². The Bertz CT molecular complexity index is 1120. The summed E-state index contributed by atoms with van der Waals surface area (Å²) in [7, 11) is 1.81. The predicted molar refractivity (Wildman–Crippen MR) is 115 cm³/mol. The van der Waals surface area contributed by atoms with Gasteiger partial charge in [-0.3, -0.25) is 14.2 Å². The maximum absolute atomic E-state index is 13.0. The quantitative estimate of drug-likeness (QED) is 0.678. The number of benzene rings is 2. The molecule has 2 aromatic carbocycles. The third kappa shape index (κ3) is 3.95. The van der Waals surface area contributed by atoms with Crippen molar-refractivity contribution in [2.45, 2.75) is 52.1 Å². The Kier molecular flexibility index (Phi) is 5.47. The van der Waals surface area contributed by atoms with E-state index in [9.17, 15) is 9.59 Å². The zero-order valence-electron chi connectivity index (χ0n) is 17.1. The number of rotatable bonds is 3. The van der Waals surface area contributed by atoms with Crippen molar-refractivity contribution in [2.75, 3.05) is 7.05 Å². The van der Waals surface area contributed by atoms with E-state index in [1.165, 1.54) is 12.0 Å². The Morgan fingerprint density at radius 2 is 1.90 bits per heavy atom. The molecule has 29 heavy (non-hydrogen) atoms. The highest BCUT2D eigenvalue weighted by atomic mass is 16.2. The summed E-state index contributed by atoms with van der Waals surface area (Å²) >= 11 is 0. The molecule has 1 aromatic heterocycles. The molecule has 0 fully saturated rings. The van der Waals surface area contributed by atoms with Crippen molar-refractivity contribution in [2.24, 2.45) is 0 Å². The fourth-order valence-corrected chi connectivity index (χ4v) is 4.06. The number of nitrogens with zero attached hydrogens (tertiary/aromatic N) is 3. The summed E-state index contributed by atoms with van der Waals surface area (Å²) in [6.07, 6.45) is 5.22. The molecule has 5 nitrogen and oxygen atoms in total. The first-order valence-electron chi connectivity index (χ1n) is 10.4. The molecule has 0 unspecified atom stereocenters. The normalized spacial score (nSPS) is 14.1. The molecule has 1 aliphatic heterocycles. The average Bonchev–Trinajstić information content (AvgIpc) is 2.70. The van der Waals surface area contributed by atoms with E-state index < -0.39 is 0 Å². The lowest BCUT2D eigenvalue weighted by Gasteiger charge is -2.19. The summed E-state index contributed by atoms with van der Waals surface area (Å²) in [5.41, 5.74) is 3.49. The van der Waals surface area contributed by atoms with Gasteiger partial charge >= 0.3 is 0 Å². The van der Waals surface area contributed by atoms with E-state index in [-0.39, 0.29) is 11.5 Å². The third-order valence-corrected chi connectivity index (χ3v) is 5.83. The van der Waals surface area contributed by atoms with Gasteiger partial charge in [0.15, 0.2) is 0 Å². The van der Waals surface area contributed by atoms with Crippen molar-refractivity contribution in [3.05, 3.63) is 75.3 Å².